The van der Waals surface area contributed by atoms with Gasteiger partial charge in [0.25, 0.3) is 0 Å². The zero-order chi connectivity index (χ0) is 21.2. The van der Waals surface area contributed by atoms with Crippen LogP contribution in [0.3, 0.4) is 0 Å². The van der Waals surface area contributed by atoms with E-state index in [1.165, 1.54) is 42.4 Å². The molecule has 0 bridgehead atoms. The van der Waals surface area contributed by atoms with Gasteiger partial charge in [0.2, 0.25) is 0 Å². The van der Waals surface area contributed by atoms with Gasteiger partial charge in [0, 0.05) is 22.1 Å². The Bertz CT molecular complexity index is 936. The summed E-state index contributed by atoms with van der Waals surface area (Å²) in [5, 5.41) is 4.46. The molecule has 0 fully saturated rings. The number of benzene rings is 2. The Kier molecular flexibility index (Phi) is 9.03. The van der Waals surface area contributed by atoms with E-state index in [1.54, 1.807) is 6.26 Å². The van der Waals surface area contributed by atoms with Crippen molar-refractivity contribution in [2.45, 2.75) is 52.0 Å². The van der Waals surface area contributed by atoms with Gasteiger partial charge in [-0.15, -0.1) is 9.42 Å². The Morgan fingerprint density at radius 2 is 1.87 bits per heavy atom. The van der Waals surface area contributed by atoms with Crippen LogP contribution in [0.1, 0.15) is 50.2 Å². The van der Waals surface area contributed by atoms with E-state index in [0.717, 1.165) is 23.0 Å². The third-order valence-corrected chi connectivity index (χ3v) is 5.71. The first kappa shape index (κ1) is 22.6. The number of hydrogen-bond donors (Lipinski definition) is 2. The van der Waals surface area contributed by atoms with E-state index >= 15 is 0 Å². The van der Waals surface area contributed by atoms with Gasteiger partial charge in [0.15, 0.2) is 0 Å². The number of nitrogens with one attached hydrogen (secondary N) is 1. The Morgan fingerprint density at radius 1 is 1.03 bits per heavy atom. The monoisotopic (exact) mass is 428 g/mol. The zero-order valence-electron chi connectivity index (χ0n) is 17.6. The highest BCUT2D eigenvalue weighted by atomic mass is 31.1. The van der Waals surface area contributed by atoms with Crippen LogP contribution in [0.25, 0.3) is 22.1 Å². The minimum absolute atomic E-state index is 0.271. The first-order valence-electron chi connectivity index (χ1n) is 10.8. The molecule has 0 saturated carbocycles. The summed E-state index contributed by atoms with van der Waals surface area (Å²) in [7, 11) is -2.51. The molecule has 6 heteroatoms. The van der Waals surface area contributed by atoms with Crippen molar-refractivity contribution in [1.29, 1.82) is 0 Å². The fourth-order valence-corrected chi connectivity index (χ4v) is 3.96. The van der Waals surface area contributed by atoms with Crippen molar-refractivity contribution in [3.05, 3.63) is 59.9 Å². The number of hydrogen-bond acceptors (Lipinski definition) is 4. The molecule has 1 heterocycles. The first-order chi connectivity index (χ1) is 14.7. The van der Waals surface area contributed by atoms with Crippen LogP contribution in [-0.4, -0.2) is 18.0 Å². The summed E-state index contributed by atoms with van der Waals surface area (Å²) in [6, 6.07) is 15.1. The largest absolute Gasteiger partial charge is 0.694 e. The maximum absolute atomic E-state index is 10.5. The summed E-state index contributed by atoms with van der Waals surface area (Å²) < 4.78 is 21.0. The Labute approximate surface area is 179 Å². The summed E-state index contributed by atoms with van der Waals surface area (Å²) in [6.07, 6.45) is 8.69. The van der Waals surface area contributed by atoms with Gasteiger partial charge in [-0.05, 0) is 48.6 Å². The van der Waals surface area contributed by atoms with Crippen LogP contribution >= 0.6 is 8.25 Å². The second-order valence-corrected chi connectivity index (χ2v) is 8.28. The normalized spacial score (nSPS) is 11.9. The van der Waals surface area contributed by atoms with Crippen molar-refractivity contribution in [3.63, 3.8) is 0 Å². The van der Waals surface area contributed by atoms with Gasteiger partial charge in [-0.1, -0.05) is 62.6 Å². The van der Waals surface area contributed by atoms with Crippen molar-refractivity contribution < 1.29 is 18.4 Å². The zero-order valence-corrected chi connectivity index (χ0v) is 18.5. The third kappa shape index (κ3) is 6.48. The fraction of sp³-hybridized carbons (Fsp3) is 0.417. The fourth-order valence-electron chi connectivity index (χ4n) is 3.67. The first-order valence-corrected chi connectivity index (χ1v) is 11.9. The molecule has 160 valence electrons. The van der Waals surface area contributed by atoms with E-state index in [9.17, 15) is 4.57 Å². The average Bonchev–Trinajstić information content (AvgIpc) is 3.24. The lowest BCUT2D eigenvalue weighted by molar-refractivity contribution is 0.276. The summed E-state index contributed by atoms with van der Waals surface area (Å²) in [4.78, 5) is 8.63. The van der Waals surface area contributed by atoms with Crippen LogP contribution < -0.4 is 5.32 Å². The molecule has 1 atom stereocenters. The second-order valence-electron chi connectivity index (χ2n) is 7.54. The molecule has 2 aromatic carbocycles. The molecule has 0 saturated heterocycles. The van der Waals surface area contributed by atoms with Gasteiger partial charge in [0.1, 0.15) is 12.2 Å². The summed E-state index contributed by atoms with van der Waals surface area (Å²) in [6.45, 7) is 3.93. The molecule has 0 aliphatic rings. The maximum Gasteiger partial charge on any atom is 0.694 e. The number of rotatable bonds is 13. The molecule has 3 rings (SSSR count). The van der Waals surface area contributed by atoms with E-state index in [4.69, 9.17) is 9.31 Å². The Hall–Kier alpha value is -2.04. The molecule has 2 N–H and O–H groups in total. The molecule has 1 unspecified atom stereocenters. The lowest BCUT2D eigenvalue weighted by Gasteiger charge is -2.09. The molecule has 0 radical (unpaired) electrons. The molecule has 0 aliphatic heterocycles. The lowest BCUT2D eigenvalue weighted by atomic mass is 9.98. The highest BCUT2D eigenvalue weighted by Gasteiger charge is 2.12. The number of fused-ring (bicyclic) bond motifs is 1. The maximum atomic E-state index is 10.5. The van der Waals surface area contributed by atoms with E-state index in [0.29, 0.717) is 19.5 Å². The van der Waals surface area contributed by atoms with Gasteiger partial charge in [-0.3, -0.25) is 0 Å². The van der Waals surface area contributed by atoms with E-state index in [-0.39, 0.29) is 6.61 Å². The molecule has 0 spiro atoms. The van der Waals surface area contributed by atoms with Gasteiger partial charge in [-0.2, -0.15) is 0 Å². The van der Waals surface area contributed by atoms with Crippen LogP contribution in [0.4, 0.5) is 0 Å². The molecule has 0 amide bonds. The van der Waals surface area contributed by atoms with Gasteiger partial charge < -0.3 is 9.73 Å². The second kappa shape index (κ2) is 12.0. The third-order valence-electron chi connectivity index (χ3n) is 5.31. The molecule has 30 heavy (non-hydrogen) atoms. The predicted molar refractivity (Wildman–Crippen MR) is 122 cm³/mol. The summed E-state index contributed by atoms with van der Waals surface area (Å²) in [5.74, 6) is 0. The van der Waals surface area contributed by atoms with Crippen LogP contribution in [0, 0.1) is 0 Å². The van der Waals surface area contributed by atoms with Crippen LogP contribution in [0.15, 0.2) is 53.1 Å². The molecule has 5 nitrogen and oxygen atoms in total. The van der Waals surface area contributed by atoms with Crippen LogP contribution in [-0.2, 0) is 22.1 Å². The van der Waals surface area contributed by atoms with E-state index in [1.807, 2.05) is 6.07 Å². The van der Waals surface area contributed by atoms with Crippen molar-refractivity contribution in [2.75, 3.05) is 13.2 Å². The Balaban J connectivity index is 1.62. The molecule has 1 aromatic heterocycles. The minimum atomic E-state index is -2.51. The number of furan rings is 1. The summed E-state index contributed by atoms with van der Waals surface area (Å²) >= 11 is 0. The number of aryl methyl sites for hydroxylation is 1. The number of unbranched alkanes of at least 4 members (excludes halogenated alkanes) is 3. The SMILES string of the molecule is CCCCCCc1ccc(-c2ccc(CNCCCO[P+](=O)O)c3ccoc23)cc1. The molecule has 3 aromatic rings. The molecular formula is C24H31NO4P+. The van der Waals surface area contributed by atoms with Gasteiger partial charge in [0.05, 0.1) is 6.26 Å². The smallest absolute Gasteiger partial charge is 0.464 e. The van der Waals surface area contributed by atoms with Crippen molar-refractivity contribution in [2.24, 2.45) is 0 Å². The standard InChI is InChI=1S/C24H30NO4P/c1-2-3-4-5-7-19-8-10-20(11-9-19)22-13-12-21(23-14-17-28-24(22)23)18-25-15-6-16-29-30(26)27/h8-14,17,25H,2-7,15-16,18H2,1H3/p+1. The highest BCUT2D eigenvalue weighted by Crippen LogP contribution is 2.32. The lowest BCUT2D eigenvalue weighted by Crippen LogP contribution is -2.16. The molecule has 0 aliphatic carbocycles. The Morgan fingerprint density at radius 3 is 2.63 bits per heavy atom. The predicted octanol–water partition coefficient (Wildman–Crippen LogP) is 6.37. The topological polar surface area (TPSA) is 71.7 Å². The van der Waals surface area contributed by atoms with Gasteiger partial charge in [-0.25, -0.2) is 0 Å². The van der Waals surface area contributed by atoms with Crippen LogP contribution in [0.5, 0.6) is 0 Å². The van der Waals surface area contributed by atoms with Crippen LogP contribution in [0.2, 0.25) is 0 Å². The minimum Gasteiger partial charge on any atom is -0.464 e. The van der Waals surface area contributed by atoms with Crippen molar-refractivity contribution in [1.82, 2.24) is 5.32 Å². The van der Waals surface area contributed by atoms with E-state index < -0.39 is 8.25 Å². The quantitative estimate of drug-likeness (QED) is 0.245. The molecular weight excluding hydrogens is 397 g/mol. The van der Waals surface area contributed by atoms with E-state index in [2.05, 4.69) is 53.2 Å². The summed E-state index contributed by atoms with van der Waals surface area (Å²) in [5.41, 5.74) is 5.74. The van der Waals surface area contributed by atoms with Gasteiger partial charge >= 0.3 is 8.25 Å². The highest BCUT2D eigenvalue weighted by molar-refractivity contribution is 7.32. The van der Waals surface area contributed by atoms with Crippen molar-refractivity contribution in [3.8, 4) is 11.1 Å². The van der Waals surface area contributed by atoms with Crippen molar-refractivity contribution >= 4 is 19.2 Å². The average molecular weight is 428 g/mol.